The first-order valence-electron chi connectivity index (χ1n) is 4.30. The summed E-state index contributed by atoms with van der Waals surface area (Å²) in [5.74, 6) is 0.125. The first kappa shape index (κ1) is 11.6. The molecule has 1 aromatic carbocycles. The van der Waals surface area contributed by atoms with Gasteiger partial charge < -0.3 is 5.11 Å². The summed E-state index contributed by atoms with van der Waals surface area (Å²) in [5, 5.41) is 8.83. The number of carboxylic acids is 1. The zero-order valence-electron chi connectivity index (χ0n) is 7.79. The van der Waals surface area contributed by atoms with Crippen LogP contribution in [0, 0.1) is 0 Å². The average Bonchev–Trinajstić information content (AvgIpc) is 2.14. The number of hydrogen-bond donors (Lipinski definition) is 1. The van der Waals surface area contributed by atoms with Gasteiger partial charge in [0.2, 0.25) is 0 Å². The number of carbonyl (C=O) groups is 1. The van der Waals surface area contributed by atoms with E-state index < -0.39 is 5.97 Å². The predicted octanol–water partition coefficient (Wildman–Crippen LogP) is 3.65. The minimum atomic E-state index is -0.885. The summed E-state index contributed by atoms with van der Waals surface area (Å²) < 4.78 is 0.816. The van der Waals surface area contributed by atoms with Crippen molar-refractivity contribution in [3.8, 4) is 0 Å². The Hall–Kier alpha value is -0.480. The van der Waals surface area contributed by atoms with Crippen molar-refractivity contribution >= 4 is 33.7 Å². The van der Waals surface area contributed by atoms with Crippen molar-refractivity contribution in [3.05, 3.63) is 28.2 Å². The van der Waals surface area contributed by atoms with Crippen molar-refractivity contribution in [2.75, 3.05) is 5.75 Å². The molecule has 0 fully saturated rings. The number of rotatable bonds is 4. The van der Waals surface area contributed by atoms with Crippen LogP contribution in [0.5, 0.6) is 0 Å². The molecule has 0 unspecified atom stereocenters. The Morgan fingerprint density at radius 1 is 1.50 bits per heavy atom. The normalized spacial score (nSPS) is 10.1. The van der Waals surface area contributed by atoms with Crippen molar-refractivity contribution in [2.24, 2.45) is 0 Å². The number of hydrogen-bond acceptors (Lipinski definition) is 2. The van der Waals surface area contributed by atoms with Crippen LogP contribution < -0.4 is 0 Å². The van der Waals surface area contributed by atoms with E-state index in [1.807, 2.05) is 6.07 Å². The summed E-state index contributed by atoms with van der Waals surface area (Å²) in [6, 6.07) is 5.25. The minimum absolute atomic E-state index is 0.331. The van der Waals surface area contributed by atoms with Crippen molar-refractivity contribution in [3.63, 3.8) is 0 Å². The minimum Gasteiger partial charge on any atom is -0.478 e. The van der Waals surface area contributed by atoms with Gasteiger partial charge in [0, 0.05) is 9.37 Å². The van der Waals surface area contributed by atoms with E-state index in [9.17, 15) is 4.79 Å². The smallest absolute Gasteiger partial charge is 0.335 e. The lowest BCUT2D eigenvalue weighted by molar-refractivity contribution is 0.0696. The van der Waals surface area contributed by atoms with Crippen molar-refractivity contribution in [2.45, 2.75) is 18.2 Å². The van der Waals surface area contributed by atoms with Crippen molar-refractivity contribution in [1.82, 2.24) is 0 Å². The van der Waals surface area contributed by atoms with Gasteiger partial charge in [0.05, 0.1) is 5.56 Å². The summed E-state index contributed by atoms with van der Waals surface area (Å²) in [6.07, 6.45) is 1.08. The lowest BCUT2D eigenvalue weighted by Gasteiger charge is -2.02. The molecule has 0 aromatic heterocycles. The lowest BCUT2D eigenvalue weighted by atomic mass is 10.2. The van der Waals surface area contributed by atoms with Gasteiger partial charge in [-0.25, -0.2) is 4.79 Å². The van der Waals surface area contributed by atoms with Gasteiger partial charge in [0.15, 0.2) is 0 Å². The van der Waals surface area contributed by atoms with Crippen LogP contribution in [0.3, 0.4) is 0 Å². The summed E-state index contributed by atoms with van der Waals surface area (Å²) in [6.45, 7) is 2.10. The summed E-state index contributed by atoms with van der Waals surface area (Å²) >= 11 is 4.97. The fraction of sp³-hybridized carbons (Fsp3) is 0.300. The van der Waals surface area contributed by atoms with E-state index in [4.69, 9.17) is 5.11 Å². The third-order valence-corrected chi connectivity index (χ3v) is 3.23. The standard InChI is InChI=1S/C10H11BrO2S/c1-2-3-14-9-5-7(10(12)13)4-8(11)6-9/h4-6H,2-3H2,1H3,(H,12,13). The quantitative estimate of drug-likeness (QED) is 0.852. The molecule has 14 heavy (non-hydrogen) atoms. The molecular formula is C10H11BrO2S. The number of aromatic carboxylic acids is 1. The molecule has 0 aliphatic heterocycles. The number of thioether (sulfide) groups is 1. The first-order chi connectivity index (χ1) is 6.63. The second-order valence-electron chi connectivity index (χ2n) is 2.83. The van der Waals surface area contributed by atoms with Gasteiger partial charge >= 0.3 is 5.97 Å². The van der Waals surface area contributed by atoms with Crippen LogP contribution in [-0.2, 0) is 0 Å². The molecule has 1 aromatic rings. The Bertz CT molecular complexity index is 339. The molecule has 1 N–H and O–H groups in total. The molecule has 76 valence electrons. The summed E-state index contributed by atoms with van der Waals surface area (Å²) in [7, 11) is 0. The van der Waals surface area contributed by atoms with Crippen LogP contribution in [0.25, 0.3) is 0 Å². The van der Waals surface area contributed by atoms with Gasteiger partial charge in [-0.3, -0.25) is 0 Å². The Labute approximate surface area is 95.8 Å². The Kier molecular flexibility index (Phi) is 4.48. The Morgan fingerprint density at radius 2 is 2.21 bits per heavy atom. The monoisotopic (exact) mass is 274 g/mol. The van der Waals surface area contributed by atoms with Crippen LogP contribution in [0.1, 0.15) is 23.7 Å². The molecule has 1 rings (SSSR count). The molecule has 0 amide bonds. The van der Waals surface area contributed by atoms with E-state index in [1.54, 1.807) is 23.9 Å². The van der Waals surface area contributed by atoms with Gasteiger partial charge in [-0.05, 0) is 30.4 Å². The molecule has 0 bridgehead atoms. The van der Waals surface area contributed by atoms with Gasteiger partial charge in [-0.2, -0.15) is 0 Å². The third-order valence-electron chi connectivity index (χ3n) is 1.59. The summed E-state index contributed by atoms with van der Waals surface area (Å²) in [5.41, 5.74) is 0.331. The second-order valence-corrected chi connectivity index (χ2v) is 4.91. The molecule has 0 saturated heterocycles. The Balaban J connectivity index is 2.89. The highest BCUT2D eigenvalue weighted by molar-refractivity contribution is 9.10. The highest BCUT2D eigenvalue weighted by atomic mass is 79.9. The SMILES string of the molecule is CCCSc1cc(Br)cc(C(=O)O)c1. The molecule has 0 atom stereocenters. The van der Waals surface area contributed by atoms with E-state index in [0.717, 1.165) is 21.5 Å². The van der Waals surface area contributed by atoms with Crippen molar-refractivity contribution < 1.29 is 9.90 Å². The van der Waals surface area contributed by atoms with E-state index in [2.05, 4.69) is 22.9 Å². The molecule has 4 heteroatoms. The Morgan fingerprint density at radius 3 is 2.79 bits per heavy atom. The maximum absolute atomic E-state index is 10.7. The molecule has 0 heterocycles. The van der Waals surface area contributed by atoms with Crippen LogP contribution >= 0.6 is 27.7 Å². The molecule has 0 spiro atoms. The van der Waals surface area contributed by atoms with Crippen LogP contribution in [0.4, 0.5) is 0 Å². The van der Waals surface area contributed by atoms with Gasteiger partial charge in [0.1, 0.15) is 0 Å². The maximum Gasteiger partial charge on any atom is 0.335 e. The van der Waals surface area contributed by atoms with E-state index in [1.165, 1.54) is 0 Å². The zero-order valence-corrected chi connectivity index (χ0v) is 10.2. The largest absolute Gasteiger partial charge is 0.478 e. The third kappa shape index (κ3) is 3.35. The molecule has 2 nitrogen and oxygen atoms in total. The molecular weight excluding hydrogens is 264 g/mol. The second kappa shape index (κ2) is 5.41. The van der Waals surface area contributed by atoms with E-state index >= 15 is 0 Å². The zero-order chi connectivity index (χ0) is 10.6. The number of halogens is 1. The van der Waals surface area contributed by atoms with E-state index in [-0.39, 0.29) is 0 Å². The van der Waals surface area contributed by atoms with Crippen LogP contribution in [0.15, 0.2) is 27.6 Å². The van der Waals surface area contributed by atoms with Crippen LogP contribution in [-0.4, -0.2) is 16.8 Å². The number of carboxylic acid groups (broad SMARTS) is 1. The summed E-state index contributed by atoms with van der Waals surface area (Å²) in [4.78, 5) is 11.7. The fourth-order valence-electron chi connectivity index (χ4n) is 0.989. The van der Waals surface area contributed by atoms with Crippen LogP contribution in [0.2, 0.25) is 0 Å². The van der Waals surface area contributed by atoms with Gasteiger partial charge in [0.25, 0.3) is 0 Å². The molecule has 0 radical (unpaired) electrons. The molecule has 0 saturated carbocycles. The lowest BCUT2D eigenvalue weighted by Crippen LogP contribution is -1.96. The topological polar surface area (TPSA) is 37.3 Å². The highest BCUT2D eigenvalue weighted by Gasteiger charge is 2.05. The fourth-order valence-corrected chi connectivity index (χ4v) is 2.49. The first-order valence-corrected chi connectivity index (χ1v) is 6.08. The predicted molar refractivity (Wildman–Crippen MR) is 62.1 cm³/mol. The molecule has 0 aliphatic carbocycles. The average molecular weight is 275 g/mol. The van der Waals surface area contributed by atoms with E-state index in [0.29, 0.717) is 5.56 Å². The van der Waals surface area contributed by atoms with Gasteiger partial charge in [-0.15, -0.1) is 11.8 Å². The number of benzene rings is 1. The highest BCUT2D eigenvalue weighted by Crippen LogP contribution is 2.24. The van der Waals surface area contributed by atoms with Gasteiger partial charge in [-0.1, -0.05) is 22.9 Å². The molecule has 0 aliphatic rings. The maximum atomic E-state index is 10.7. The van der Waals surface area contributed by atoms with Crippen molar-refractivity contribution in [1.29, 1.82) is 0 Å².